The van der Waals surface area contributed by atoms with Gasteiger partial charge in [0.2, 0.25) is 15.9 Å². The van der Waals surface area contributed by atoms with Crippen LogP contribution in [0.2, 0.25) is 5.02 Å². The number of hydrogen-bond donors (Lipinski definition) is 6. The number of nitrogens with zero attached hydrogens (tertiary/aromatic N) is 1. The first-order chi connectivity index (χ1) is 24.0. The Kier molecular flexibility index (Phi) is 14.7. The first-order valence-electron chi connectivity index (χ1n) is 15.8. The summed E-state index contributed by atoms with van der Waals surface area (Å²) < 4.78 is 33.4. The highest BCUT2D eigenvalue weighted by molar-refractivity contribution is 7.90. The number of carboxylic acid groups (broad SMARTS) is 4. The summed E-state index contributed by atoms with van der Waals surface area (Å²) in [7, 11) is -3.46. The predicted molar refractivity (Wildman–Crippen MR) is 185 cm³/mol. The molecule has 51 heavy (non-hydrogen) atoms. The lowest BCUT2D eigenvalue weighted by atomic mass is 9.58. The summed E-state index contributed by atoms with van der Waals surface area (Å²) in [5.74, 6) is -4.38. The van der Waals surface area contributed by atoms with Crippen LogP contribution in [0.3, 0.4) is 0 Å². The summed E-state index contributed by atoms with van der Waals surface area (Å²) in [5, 5.41) is 35.2. The van der Waals surface area contributed by atoms with Gasteiger partial charge in [-0.05, 0) is 66.8 Å². The number of fused-ring (bicyclic) bond motifs is 1. The van der Waals surface area contributed by atoms with Gasteiger partial charge in [-0.25, -0.2) is 32.3 Å². The van der Waals surface area contributed by atoms with E-state index in [1.807, 2.05) is 18.2 Å². The molecule has 0 bridgehead atoms. The first-order valence-corrected chi connectivity index (χ1v) is 17.7. The molecule has 1 amide bonds. The fourth-order valence-corrected chi connectivity index (χ4v) is 7.33. The van der Waals surface area contributed by atoms with Crippen molar-refractivity contribution in [1.29, 1.82) is 0 Å². The number of rotatable bonds is 12. The molecule has 0 radical (unpaired) electrons. The van der Waals surface area contributed by atoms with Crippen LogP contribution in [-0.4, -0.2) is 102 Å². The Bertz CT molecular complexity index is 1690. The Morgan fingerprint density at radius 1 is 0.922 bits per heavy atom. The Balaban J connectivity index is 0.000000366. The number of benzene rings is 2. The van der Waals surface area contributed by atoms with Gasteiger partial charge in [0, 0.05) is 67.3 Å². The smallest absolute Gasteiger partial charge is 0.328 e. The van der Waals surface area contributed by atoms with Crippen LogP contribution in [0, 0.1) is 0 Å². The molecule has 2 aliphatic heterocycles. The molecule has 2 heterocycles. The van der Waals surface area contributed by atoms with Gasteiger partial charge in [0.1, 0.15) is 17.6 Å². The van der Waals surface area contributed by atoms with Gasteiger partial charge in [0.15, 0.2) is 0 Å². The largest absolute Gasteiger partial charge is 0.492 e. The molecule has 5 rings (SSSR count). The molecule has 17 heteroatoms. The number of halogens is 1. The molecule has 3 aliphatic rings. The average Bonchev–Trinajstić information content (AvgIpc) is 3.01. The Labute approximate surface area is 299 Å². The quantitative estimate of drug-likeness (QED) is 0.135. The second kappa shape index (κ2) is 18.5. The zero-order valence-corrected chi connectivity index (χ0v) is 29.2. The fourth-order valence-electron chi connectivity index (χ4n) is 5.84. The Morgan fingerprint density at radius 2 is 1.47 bits per heavy atom. The van der Waals surface area contributed by atoms with E-state index in [-0.39, 0.29) is 43.6 Å². The van der Waals surface area contributed by atoms with Gasteiger partial charge >= 0.3 is 23.9 Å². The highest BCUT2D eigenvalue weighted by Gasteiger charge is 2.47. The van der Waals surface area contributed by atoms with Crippen LogP contribution < -0.4 is 14.8 Å². The average molecular weight is 750 g/mol. The van der Waals surface area contributed by atoms with Gasteiger partial charge in [-0.3, -0.25) is 4.79 Å². The summed E-state index contributed by atoms with van der Waals surface area (Å²) >= 11 is 6.16. The van der Waals surface area contributed by atoms with Crippen molar-refractivity contribution in [3.05, 3.63) is 88.5 Å². The molecule has 1 saturated heterocycles. The SMILES string of the molecule is CC(=O)N1CC(S(=O)(=O)NCCOc2ccc3c(c2)C(C2(c4ccc(Cl)cc4)CCC2)NCC3)C1.O=C(O)/C=C/C(=O)O.O=C(O)/C=C/C(=O)O. The number of carbonyl (C=O) groups is 5. The minimum atomic E-state index is -3.46. The van der Waals surface area contributed by atoms with Gasteiger partial charge in [-0.2, -0.15) is 0 Å². The van der Waals surface area contributed by atoms with Gasteiger partial charge in [0.25, 0.3) is 0 Å². The van der Waals surface area contributed by atoms with Crippen molar-refractivity contribution >= 4 is 51.4 Å². The molecule has 1 saturated carbocycles. The van der Waals surface area contributed by atoms with E-state index < -0.39 is 39.2 Å². The van der Waals surface area contributed by atoms with E-state index in [2.05, 4.69) is 34.3 Å². The molecule has 0 aromatic heterocycles. The second-order valence-corrected chi connectivity index (χ2v) is 14.3. The third-order valence-corrected chi connectivity index (χ3v) is 10.6. The maximum absolute atomic E-state index is 12.4. The number of aliphatic carboxylic acids is 4. The number of carbonyl (C=O) groups excluding carboxylic acids is 1. The Hall–Kier alpha value is -4.77. The van der Waals surface area contributed by atoms with Crippen LogP contribution in [0.1, 0.15) is 48.9 Å². The van der Waals surface area contributed by atoms with Gasteiger partial charge in [-0.15, -0.1) is 0 Å². The number of carboxylic acids is 4. The third kappa shape index (κ3) is 11.9. The molecule has 1 unspecified atom stereocenters. The van der Waals surface area contributed by atoms with E-state index in [9.17, 15) is 32.4 Å². The van der Waals surface area contributed by atoms with E-state index in [1.165, 1.54) is 34.9 Å². The lowest BCUT2D eigenvalue weighted by molar-refractivity contribution is -0.134. The van der Waals surface area contributed by atoms with Crippen LogP contribution in [0.4, 0.5) is 0 Å². The predicted octanol–water partition coefficient (Wildman–Crippen LogP) is 2.60. The monoisotopic (exact) mass is 749 g/mol. The molecule has 0 spiro atoms. The topological polar surface area (TPSA) is 237 Å². The summed E-state index contributed by atoms with van der Waals surface area (Å²) in [5.41, 5.74) is 3.97. The molecule has 2 aromatic rings. The van der Waals surface area contributed by atoms with Crippen molar-refractivity contribution in [3.8, 4) is 5.75 Å². The Morgan fingerprint density at radius 3 is 1.94 bits per heavy atom. The highest BCUT2D eigenvalue weighted by atomic mass is 35.5. The maximum Gasteiger partial charge on any atom is 0.328 e. The van der Waals surface area contributed by atoms with E-state index in [0.717, 1.165) is 36.6 Å². The van der Waals surface area contributed by atoms with Gasteiger partial charge in [-0.1, -0.05) is 36.2 Å². The first kappa shape index (κ1) is 40.7. The van der Waals surface area contributed by atoms with Crippen molar-refractivity contribution in [2.45, 2.75) is 49.3 Å². The van der Waals surface area contributed by atoms with Crippen molar-refractivity contribution < 1.29 is 57.6 Å². The zero-order valence-electron chi connectivity index (χ0n) is 27.7. The van der Waals surface area contributed by atoms with Crippen LogP contribution >= 0.6 is 11.6 Å². The molecule has 1 atom stereocenters. The number of sulfonamides is 1. The lowest BCUT2D eigenvalue weighted by Crippen LogP contribution is -2.59. The minimum absolute atomic E-state index is 0.0462. The van der Waals surface area contributed by atoms with Crippen molar-refractivity contribution in [1.82, 2.24) is 14.9 Å². The highest BCUT2D eigenvalue weighted by Crippen LogP contribution is 2.53. The van der Waals surface area contributed by atoms with Crippen molar-refractivity contribution in [3.63, 3.8) is 0 Å². The number of likely N-dealkylation sites (tertiary alicyclic amines) is 1. The molecule has 2 aromatic carbocycles. The molecule has 15 nitrogen and oxygen atoms in total. The number of ether oxygens (including phenoxy) is 1. The molecular weight excluding hydrogens is 710 g/mol. The number of hydrogen-bond acceptors (Lipinski definition) is 9. The fraction of sp³-hybridized carbons (Fsp3) is 0.382. The van der Waals surface area contributed by atoms with E-state index in [4.69, 9.17) is 36.8 Å². The van der Waals surface area contributed by atoms with Crippen molar-refractivity contribution in [2.24, 2.45) is 0 Å². The molecule has 276 valence electrons. The third-order valence-electron chi connectivity index (χ3n) is 8.53. The molecule has 6 N–H and O–H groups in total. The summed E-state index contributed by atoms with van der Waals surface area (Å²) in [6, 6.07) is 14.7. The van der Waals surface area contributed by atoms with Crippen molar-refractivity contribution in [2.75, 3.05) is 32.8 Å². The van der Waals surface area contributed by atoms with Gasteiger partial charge in [0.05, 0.1) is 0 Å². The number of amides is 1. The van der Waals surface area contributed by atoms with E-state index >= 15 is 0 Å². The normalized spacial score (nSPS) is 17.8. The van der Waals surface area contributed by atoms with Crippen LogP contribution in [0.25, 0.3) is 0 Å². The second-order valence-electron chi connectivity index (χ2n) is 11.9. The summed E-state index contributed by atoms with van der Waals surface area (Å²) in [4.78, 5) is 51.0. The minimum Gasteiger partial charge on any atom is -0.492 e. The van der Waals surface area contributed by atoms with E-state index in [1.54, 1.807) is 0 Å². The lowest BCUT2D eigenvalue weighted by Gasteiger charge is -2.50. The van der Waals surface area contributed by atoms with Crippen LogP contribution in [0.5, 0.6) is 5.75 Å². The van der Waals surface area contributed by atoms with Gasteiger partial charge < -0.3 is 35.4 Å². The molecular formula is C34H40ClN3O12S. The summed E-state index contributed by atoms with van der Waals surface area (Å²) in [6.07, 6.45) is 6.66. The molecule has 1 aliphatic carbocycles. The summed E-state index contributed by atoms with van der Waals surface area (Å²) in [6.45, 7) is 3.32. The standard InChI is InChI=1S/C26H32ClN3O4S.2C4H4O4/c1-18(31)30-16-23(17-30)35(32,33)29-13-14-34-22-8-3-19-9-12-28-25(24(19)15-22)26(10-2-11-26)20-4-6-21(27)7-5-20;2*5-3(6)1-2-4(7)8/h3-8,15,23,25,28-29H,2,9-14,16-17H2,1H3;2*1-2H,(H,5,6)(H,7,8)/b;2*2-1+. The maximum atomic E-state index is 12.4. The van der Waals surface area contributed by atoms with Crippen LogP contribution in [0.15, 0.2) is 66.8 Å². The molecule has 2 fully saturated rings. The zero-order chi connectivity index (χ0) is 37.8. The number of nitrogens with one attached hydrogen (secondary N) is 2. The van der Waals surface area contributed by atoms with E-state index in [0.29, 0.717) is 24.3 Å². The van der Waals surface area contributed by atoms with Crippen LogP contribution in [-0.2, 0) is 45.8 Å².